The molecule has 3 N–H and O–H groups in total. The van der Waals surface area contributed by atoms with Crippen molar-refractivity contribution in [3.05, 3.63) is 21.9 Å². The standard InChI is InChI=1S/C14H22N2OS/c1-10-3-2-4-11(5-10)7-16-8-13-6-12(9-18-13)14(15)17/h6,9-11,16H,2-5,7-8H2,1H3,(H2,15,17). The zero-order chi connectivity index (χ0) is 13.0. The largest absolute Gasteiger partial charge is 0.366 e. The molecule has 0 radical (unpaired) electrons. The van der Waals surface area contributed by atoms with E-state index >= 15 is 0 Å². The SMILES string of the molecule is CC1CCCC(CNCc2cc(C(N)=O)cs2)C1. The van der Waals surface area contributed by atoms with E-state index in [1.165, 1.54) is 30.6 Å². The molecule has 0 bridgehead atoms. The third-order valence-electron chi connectivity index (χ3n) is 3.72. The van der Waals surface area contributed by atoms with Crippen molar-refractivity contribution in [2.45, 2.75) is 39.2 Å². The number of carbonyl (C=O) groups excluding carboxylic acids is 1. The van der Waals surface area contributed by atoms with Gasteiger partial charge in [-0.25, -0.2) is 0 Å². The molecule has 0 aromatic carbocycles. The Balaban J connectivity index is 1.72. The van der Waals surface area contributed by atoms with Gasteiger partial charge in [-0.15, -0.1) is 11.3 Å². The predicted molar refractivity (Wildman–Crippen MR) is 75.7 cm³/mol. The lowest BCUT2D eigenvalue weighted by Crippen LogP contribution is -2.26. The molecule has 1 aliphatic rings. The Morgan fingerprint density at radius 3 is 3.06 bits per heavy atom. The van der Waals surface area contributed by atoms with Gasteiger partial charge < -0.3 is 11.1 Å². The fourth-order valence-corrected chi connectivity index (χ4v) is 3.59. The molecule has 100 valence electrons. The minimum absolute atomic E-state index is 0.335. The van der Waals surface area contributed by atoms with Gasteiger partial charge in [0.1, 0.15) is 0 Å². The molecule has 2 rings (SSSR count). The van der Waals surface area contributed by atoms with Crippen molar-refractivity contribution in [2.24, 2.45) is 17.6 Å². The second kappa shape index (κ2) is 6.34. The van der Waals surface area contributed by atoms with Crippen LogP contribution >= 0.6 is 11.3 Å². The van der Waals surface area contributed by atoms with Crippen LogP contribution in [0.1, 0.15) is 47.8 Å². The van der Waals surface area contributed by atoms with E-state index in [1.54, 1.807) is 11.3 Å². The maximum absolute atomic E-state index is 11.0. The zero-order valence-electron chi connectivity index (χ0n) is 10.9. The van der Waals surface area contributed by atoms with E-state index in [-0.39, 0.29) is 5.91 Å². The highest BCUT2D eigenvalue weighted by molar-refractivity contribution is 7.10. The van der Waals surface area contributed by atoms with Gasteiger partial charge >= 0.3 is 0 Å². The highest BCUT2D eigenvalue weighted by Gasteiger charge is 2.18. The van der Waals surface area contributed by atoms with Crippen molar-refractivity contribution < 1.29 is 4.79 Å². The van der Waals surface area contributed by atoms with Gasteiger partial charge in [-0.05, 0) is 37.3 Å². The van der Waals surface area contributed by atoms with Crippen LogP contribution in [0.3, 0.4) is 0 Å². The van der Waals surface area contributed by atoms with Gasteiger partial charge in [0, 0.05) is 16.8 Å². The van der Waals surface area contributed by atoms with E-state index in [2.05, 4.69) is 12.2 Å². The van der Waals surface area contributed by atoms with Gasteiger partial charge in [0.25, 0.3) is 0 Å². The monoisotopic (exact) mass is 266 g/mol. The van der Waals surface area contributed by atoms with Crippen LogP contribution in [0.4, 0.5) is 0 Å². The topological polar surface area (TPSA) is 55.1 Å². The molecule has 1 aromatic rings. The summed E-state index contributed by atoms with van der Waals surface area (Å²) in [5.41, 5.74) is 5.86. The summed E-state index contributed by atoms with van der Waals surface area (Å²) in [6.45, 7) is 4.29. The van der Waals surface area contributed by atoms with Gasteiger partial charge in [-0.3, -0.25) is 4.79 Å². The molecular formula is C14H22N2OS. The second-order valence-electron chi connectivity index (χ2n) is 5.43. The Kier molecular flexibility index (Phi) is 4.78. The van der Waals surface area contributed by atoms with Crippen LogP contribution < -0.4 is 11.1 Å². The molecule has 1 amide bonds. The number of thiophene rings is 1. The molecule has 0 aliphatic heterocycles. The van der Waals surface area contributed by atoms with Gasteiger partial charge in [0.15, 0.2) is 0 Å². The maximum Gasteiger partial charge on any atom is 0.249 e. The van der Waals surface area contributed by atoms with Gasteiger partial charge in [0.2, 0.25) is 5.91 Å². The fraction of sp³-hybridized carbons (Fsp3) is 0.643. The predicted octanol–water partition coefficient (Wildman–Crippen LogP) is 2.76. The van der Waals surface area contributed by atoms with E-state index in [0.717, 1.165) is 24.9 Å². The van der Waals surface area contributed by atoms with Gasteiger partial charge in [-0.2, -0.15) is 0 Å². The molecule has 0 spiro atoms. The summed E-state index contributed by atoms with van der Waals surface area (Å²) in [6, 6.07) is 1.89. The molecular weight excluding hydrogens is 244 g/mol. The van der Waals surface area contributed by atoms with Crippen molar-refractivity contribution >= 4 is 17.2 Å². The first-order valence-electron chi connectivity index (χ1n) is 6.73. The Morgan fingerprint density at radius 1 is 1.56 bits per heavy atom. The molecule has 1 aromatic heterocycles. The maximum atomic E-state index is 11.0. The molecule has 1 saturated carbocycles. The summed E-state index contributed by atoms with van der Waals surface area (Å²) in [5, 5.41) is 5.34. The van der Waals surface area contributed by atoms with Crippen molar-refractivity contribution in [3.8, 4) is 0 Å². The van der Waals surface area contributed by atoms with Crippen LogP contribution in [0.25, 0.3) is 0 Å². The van der Waals surface area contributed by atoms with Crippen LogP contribution in [0, 0.1) is 11.8 Å². The molecule has 1 heterocycles. The lowest BCUT2D eigenvalue weighted by Gasteiger charge is -2.26. The smallest absolute Gasteiger partial charge is 0.249 e. The lowest BCUT2D eigenvalue weighted by atomic mass is 9.82. The molecule has 1 fully saturated rings. The summed E-state index contributed by atoms with van der Waals surface area (Å²) in [6.07, 6.45) is 5.47. The molecule has 18 heavy (non-hydrogen) atoms. The summed E-state index contributed by atoms with van der Waals surface area (Å²) in [4.78, 5) is 12.2. The number of hydrogen-bond acceptors (Lipinski definition) is 3. The summed E-state index contributed by atoms with van der Waals surface area (Å²) < 4.78 is 0. The molecule has 3 nitrogen and oxygen atoms in total. The number of carbonyl (C=O) groups is 1. The highest BCUT2D eigenvalue weighted by Crippen LogP contribution is 2.28. The molecule has 2 atom stereocenters. The number of nitrogens with one attached hydrogen (secondary N) is 1. The Hall–Kier alpha value is -0.870. The fourth-order valence-electron chi connectivity index (χ4n) is 2.75. The van der Waals surface area contributed by atoms with Crippen LogP contribution in [-0.4, -0.2) is 12.5 Å². The quantitative estimate of drug-likeness (QED) is 0.861. The third kappa shape index (κ3) is 3.82. The highest BCUT2D eigenvalue weighted by atomic mass is 32.1. The number of nitrogens with two attached hydrogens (primary N) is 1. The van der Waals surface area contributed by atoms with E-state index in [4.69, 9.17) is 5.73 Å². The first-order chi connectivity index (χ1) is 8.65. The number of hydrogen-bond donors (Lipinski definition) is 2. The Morgan fingerprint density at radius 2 is 2.39 bits per heavy atom. The average molecular weight is 266 g/mol. The van der Waals surface area contributed by atoms with Crippen LogP contribution in [0.15, 0.2) is 11.4 Å². The first-order valence-corrected chi connectivity index (χ1v) is 7.61. The molecule has 2 unspecified atom stereocenters. The average Bonchev–Trinajstić information content (AvgIpc) is 2.78. The van der Waals surface area contributed by atoms with Gasteiger partial charge in [0.05, 0.1) is 5.56 Å². The zero-order valence-corrected chi connectivity index (χ0v) is 11.8. The number of amides is 1. The van der Waals surface area contributed by atoms with E-state index < -0.39 is 0 Å². The summed E-state index contributed by atoms with van der Waals surface area (Å²) >= 11 is 1.60. The van der Waals surface area contributed by atoms with Crippen molar-refractivity contribution in [1.82, 2.24) is 5.32 Å². The van der Waals surface area contributed by atoms with Crippen molar-refractivity contribution in [2.75, 3.05) is 6.54 Å². The van der Waals surface area contributed by atoms with E-state index in [0.29, 0.717) is 5.56 Å². The van der Waals surface area contributed by atoms with Crippen molar-refractivity contribution in [1.29, 1.82) is 0 Å². The third-order valence-corrected chi connectivity index (χ3v) is 4.65. The van der Waals surface area contributed by atoms with E-state index in [1.807, 2.05) is 11.4 Å². The normalized spacial score (nSPS) is 24.1. The Bertz CT molecular complexity index is 402. The minimum atomic E-state index is -0.335. The summed E-state index contributed by atoms with van der Waals surface area (Å²) in [5.74, 6) is 1.37. The van der Waals surface area contributed by atoms with Crippen LogP contribution in [-0.2, 0) is 6.54 Å². The van der Waals surface area contributed by atoms with Gasteiger partial charge in [-0.1, -0.05) is 19.8 Å². The second-order valence-corrected chi connectivity index (χ2v) is 6.43. The van der Waals surface area contributed by atoms with Crippen LogP contribution in [0.2, 0.25) is 0 Å². The molecule has 0 saturated heterocycles. The molecule has 1 aliphatic carbocycles. The van der Waals surface area contributed by atoms with Crippen LogP contribution in [0.5, 0.6) is 0 Å². The number of primary amides is 1. The molecule has 4 heteroatoms. The van der Waals surface area contributed by atoms with Crippen molar-refractivity contribution in [3.63, 3.8) is 0 Å². The number of rotatable bonds is 5. The summed E-state index contributed by atoms with van der Waals surface area (Å²) in [7, 11) is 0. The minimum Gasteiger partial charge on any atom is -0.366 e. The lowest BCUT2D eigenvalue weighted by molar-refractivity contribution is 0.100. The Labute approximate surface area is 113 Å². The van der Waals surface area contributed by atoms with E-state index in [9.17, 15) is 4.79 Å². The first kappa shape index (κ1) is 13.6.